The predicted molar refractivity (Wildman–Crippen MR) is 52.7 cm³/mol. The van der Waals surface area contributed by atoms with Crippen LogP contribution in [0.4, 0.5) is 18.9 Å². The fourth-order valence-corrected chi connectivity index (χ4v) is 1.38. The number of hydrogen-bond donors (Lipinski definition) is 1. The molecule has 0 aliphatic heterocycles. The highest BCUT2D eigenvalue weighted by Gasteiger charge is 2.32. The largest absolute Gasteiger partial charge is 0.573 e. The van der Waals surface area contributed by atoms with Crippen LogP contribution in [0, 0.1) is 0 Å². The fraction of sp³-hybridized carbons (Fsp3) is 0.125. The Bertz CT molecular complexity index is 434. The second-order valence-corrected chi connectivity index (χ2v) is 3.44. The number of benzene rings is 1. The van der Waals surface area contributed by atoms with E-state index in [1.807, 2.05) is 0 Å². The molecule has 0 aromatic heterocycles. The van der Waals surface area contributed by atoms with Crippen molar-refractivity contribution in [2.75, 3.05) is 5.73 Å². The van der Waals surface area contributed by atoms with Crippen LogP contribution in [0.1, 0.15) is 10.4 Å². The highest BCUT2D eigenvalue weighted by atomic mass is 35.5. The molecule has 8 heteroatoms. The van der Waals surface area contributed by atoms with Crippen molar-refractivity contribution in [2.45, 2.75) is 6.36 Å². The molecular formula is C8H4Cl2F3NO2. The Morgan fingerprint density at radius 1 is 1.38 bits per heavy atom. The average molecular weight is 274 g/mol. The summed E-state index contributed by atoms with van der Waals surface area (Å²) in [7, 11) is 0. The first-order valence-electron chi connectivity index (χ1n) is 3.75. The van der Waals surface area contributed by atoms with E-state index in [-0.39, 0.29) is 16.3 Å². The van der Waals surface area contributed by atoms with Gasteiger partial charge < -0.3 is 10.5 Å². The molecule has 0 aliphatic rings. The molecular weight excluding hydrogens is 270 g/mol. The van der Waals surface area contributed by atoms with Gasteiger partial charge in [-0.15, -0.1) is 13.2 Å². The molecule has 88 valence electrons. The molecule has 0 saturated heterocycles. The van der Waals surface area contributed by atoms with E-state index in [0.29, 0.717) is 0 Å². The van der Waals surface area contributed by atoms with Gasteiger partial charge in [0.15, 0.2) is 5.75 Å². The molecule has 0 atom stereocenters. The number of nitrogen functional groups attached to an aromatic ring is 1. The molecule has 0 heterocycles. The lowest BCUT2D eigenvalue weighted by atomic mass is 10.2. The van der Waals surface area contributed by atoms with Crippen molar-refractivity contribution >= 4 is 34.1 Å². The van der Waals surface area contributed by atoms with E-state index in [4.69, 9.17) is 28.9 Å². The third kappa shape index (κ3) is 3.18. The van der Waals surface area contributed by atoms with Crippen LogP contribution in [-0.4, -0.2) is 11.6 Å². The minimum atomic E-state index is -4.88. The maximum atomic E-state index is 11.9. The van der Waals surface area contributed by atoms with E-state index in [1.165, 1.54) is 0 Å². The molecule has 0 fully saturated rings. The van der Waals surface area contributed by atoms with Gasteiger partial charge in [0.1, 0.15) is 0 Å². The van der Waals surface area contributed by atoms with Gasteiger partial charge in [0.25, 0.3) is 5.24 Å². The first-order valence-corrected chi connectivity index (χ1v) is 4.51. The molecule has 1 aromatic rings. The summed E-state index contributed by atoms with van der Waals surface area (Å²) in [5, 5.41) is -1.19. The van der Waals surface area contributed by atoms with Crippen molar-refractivity contribution in [3.8, 4) is 5.75 Å². The van der Waals surface area contributed by atoms with Crippen LogP contribution in [0.25, 0.3) is 0 Å². The third-order valence-electron chi connectivity index (χ3n) is 1.54. The summed E-state index contributed by atoms with van der Waals surface area (Å²) in [6.45, 7) is 0. The highest BCUT2D eigenvalue weighted by Crippen LogP contribution is 2.33. The standard InChI is InChI=1S/C8H4Cl2F3NO2/c9-4-2-6(16-8(11,12)13)5(14)1-3(4)7(10)15/h1-2H,14H2. The first-order chi connectivity index (χ1) is 7.20. The Morgan fingerprint density at radius 3 is 2.38 bits per heavy atom. The molecule has 0 unspecified atom stereocenters. The minimum absolute atomic E-state index is 0.185. The van der Waals surface area contributed by atoms with Crippen LogP contribution in [-0.2, 0) is 0 Å². The van der Waals surface area contributed by atoms with Gasteiger partial charge in [0.2, 0.25) is 0 Å². The van der Waals surface area contributed by atoms with Gasteiger partial charge in [-0.3, -0.25) is 4.79 Å². The zero-order valence-electron chi connectivity index (χ0n) is 7.44. The fourth-order valence-electron chi connectivity index (χ4n) is 0.935. The Labute approximate surface area is 97.9 Å². The summed E-state index contributed by atoms with van der Waals surface area (Å²) >= 11 is 10.6. The van der Waals surface area contributed by atoms with E-state index in [0.717, 1.165) is 12.1 Å². The number of anilines is 1. The summed E-state index contributed by atoms with van der Waals surface area (Å²) in [6, 6.07) is 1.69. The van der Waals surface area contributed by atoms with Gasteiger partial charge in [-0.1, -0.05) is 11.6 Å². The smallest absolute Gasteiger partial charge is 0.404 e. The molecule has 1 aromatic carbocycles. The zero-order chi connectivity index (χ0) is 12.5. The summed E-state index contributed by atoms with van der Waals surface area (Å²) < 4.78 is 39.3. The van der Waals surface area contributed by atoms with Gasteiger partial charge in [-0.2, -0.15) is 0 Å². The SMILES string of the molecule is Nc1cc(C(=O)Cl)c(Cl)cc1OC(F)(F)F. The molecule has 2 N–H and O–H groups in total. The van der Waals surface area contributed by atoms with Gasteiger partial charge in [0.05, 0.1) is 16.3 Å². The van der Waals surface area contributed by atoms with Crippen LogP contribution in [0.3, 0.4) is 0 Å². The van der Waals surface area contributed by atoms with Gasteiger partial charge in [-0.05, 0) is 17.7 Å². The molecule has 3 nitrogen and oxygen atoms in total. The Balaban J connectivity index is 3.16. The van der Waals surface area contributed by atoms with E-state index >= 15 is 0 Å². The first kappa shape index (κ1) is 12.9. The van der Waals surface area contributed by atoms with E-state index in [9.17, 15) is 18.0 Å². The normalized spacial score (nSPS) is 11.3. The maximum absolute atomic E-state index is 11.9. The van der Waals surface area contributed by atoms with Crippen molar-refractivity contribution in [1.29, 1.82) is 0 Å². The number of ether oxygens (including phenoxy) is 1. The highest BCUT2D eigenvalue weighted by molar-refractivity contribution is 6.68. The Hall–Kier alpha value is -1.14. The van der Waals surface area contributed by atoms with Crippen LogP contribution < -0.4 is 10.5 Å². The van der Waals surface area contributed by atoms with Crippen LogP contribution in [0.2, 0.25) is 5.02 Å². The topological polar surface area (TPSA) is 52.3 Å². The van der Waals surface area contributed by atoms with Gasteiger partial charge in [-0.25, -0.2) is 0 Å². The quantitative estimate of drug-likeness (QED) is 0.665. The average Bonchev–Trinajstić information content (AvgIpc) is 2.07. The monoisotopic (exact) mass is 273 g/mol. The summed E-state index contributed by atoms with van der Waals surface area (Å²) in [6.07, 6.45) is -4.88. The molecule has 0 spiro atoms. The Kier molecular flexibility index (Phi) is 3.54. The number of alkyl halides is 3. The van der Waals surface area contributed by atoms with E-state index in [1.54, 1.807) is 0 Å². The number of carbonyl (C=O) groups is 1. The molecule has 0 bridgehead atoms. The Morgan fingerprint density at radius 2 is 1.94 bits per heavy atom. The molecule has 0 radical (unpaired) electrons. The van der Waals surface area contributed by atoms with Crippen LogP contribution in [0.15, 0.2) is 12.1 Å². The summed E-state index contributed by atoms with van der Waals surface area (Å²) in [5.41, 5.74) is 4.67. The van der Waals surface area contributed by atoms with Crippen LogP contribution in [0.5, 0.6) is 5.75 Å². The third-order valence-corrected chi connectivity index (χ3v) is 2.05. The predicted octanol–water partition coefficient (Wildman–Crippen LogP) is 3.20. The second kappa shape index (κ2) is 4.39. The number of rotatable bonds is 2. The lowest BCUT2D eigenvalue weighted by molar-refractivity contribution is -0.274. The van der Waals surface area contributed by atoms with Crippen LogP contribution >= 0.6 is 23.2 Å². The summed E-state index contributed by atoms with van der Waals surface area (Å²) in [4.78, 5) is 10.8. The van der Waals surface area contributed by atoms with Crippen molar-refractivity contribution in [3.05, 3.63) is 22.7 Å². The van der Waals surface area contributed by atoms with Gasteiger partial charge in [0, 0.05) is 6.07 Å². The number of halogens is 5. The van der Waals surface area contributed by atoms with Gasteiger partial charge >= 0.3 is 6.36 Å². The van der Waals surface area contributed by atoms with E-state index in [2.05, 4.69) is 4.74 Å². The van der Waals surface area contributed by atoms with Crippen molar-refractivity contribution < 1.29 is 22.7 Å². The summed E-state index contributed by atoms with van der Waals surface area (Å²) in [5.74, 6) is -0.681. The zero-order valence-corrected chi connectivity index (χ0v) is 8.95. The molecule has 0 saturated carbocycles. The number of carbonyl (C=O) groups excluding carboxylic acids is 1. The lowest BCUT2D eigenvalue weighted by Crippen LogP contribution is -2.18. The molecule has 0 aliphatic carbocycles. The molecule has 16 heavy (non-hydrogen) atoms. The number of hydrogen-bond acceptors (Lipinski definition) is 3. The van der Waals surface area contributed by atoms with Crippen molar-refractivity contribution in [3.63, 3.8) is 0 Å². The van der Waals surface area contributed by atoms with E-state index < -0.39 is 17.4 Å². The maximum Gasteiger partial charge on any atom is 0.573 e. The molecule has 1 rings (SSSR count). The molecule has 0 amide bonds. The van der Waals surface area contributed by atoms with Crippen molar-refractivity contribution in [1.82, 2.24) is 0 Å². The lowest BCUT2D eigenvalue weighted by Gasteiger charge is -2.12. The second-order valence-electron chi connectivity index (χ2n) is 2.69. The number of nitrogens with two attached hydrogens (primary N) is 1. The minimum Gasteiger partial charge on any atom is -0.404 e. The van der Waals surface area contributed by atoms with Crippen molar-refractivity contribution in [2.24, 2.45) is 0 Å².